The van der Waals surface area contributed by atoms with Crippen molar-refractivity contribution in [3.63, 3.8) is 0 Å². The molecule has 0 saturated carbocycles. The third-order valence-electron chi connectivity index (χ3n) is 5.36. The monoisotopic (exact) mass is 412 g/mol. The van der Waals surface area contributed by atoms with E-state index in [1.807, 2.05) is 4.90 Å². The van der Waals surface area contributed by atoms with Crippen molar-refractivity contribution in [2.45, 2.75) is 20.4 Å². The van der Waals surface area contributed by atoms with Crippen LogP contribution in [-0.4, -0.2) is 57.9 Å². The second-order valence-electron chi connectivity index (χ2n) is 7.48. The highest BCUT2D eigenvalue weighted by atomic mass is 35.5. The van der Waals surface area contributed by atoms with Gasteiger partial charge >= 0.3 is 0 Å². The highest BCUT2D eigenvalue weighted by molar-refractivity contribution is 6.30. The number of carbonyl (C=O) groups excluding carboxylic acids is 1. The van der Waals surface area contributed by atoms with Crippen LogP contribution in [0.3, 0.4) is 0 Å². The zero-order valence-electron chi connectivity index (χ0n) is 16.8. The summed E-state index contributed by atoms with van der Waals surface area (Å²) in [5.74, 6) is 0.667. The third-order valence-corrected chi connectivity index (χ3v) is 5.61. The Morgan fingerprint density at radius 1 is 1.10 bits per heavy atom. The molecule has 0 radical (unpaired) electrons. The number of fused-ring (bicyclic) bond motifs is 1. The number of rotatable bonds is 5. The molecule has 4 rings (SSSR count). The average Bonchev–Trinajstić information content (AvgIpc) is 3.02. The van der Waals surface area contributed by atoms with Gasteiger partial charge in [0.2, 0.25) is 0 Å². The molecule has 0 N–H and O–H groups in total. The van der Waals surface area contributed by atoms with Gasteiger partial charge in [0.1, 0.15) is 11.4 Å². The van der Waals surface area contributed by atoms with Gasteiger partial charge in [0, 0.05) is 43.9 Å². The molecular formula is C22H25ClN4O2. The summed E-state index contributed by atoms with van der Waals surface area (Å²) in [4.78, 5) is 21.4. The van der Waals surface area contributed by atoms with Crippen LogP contribution < -0.4 is 4.74 Å². The van der Waals surface area contributed by atoms with Gasteiger partial charge in [-0.3, -0.25) is 9.69 Å². The molecular weight excluding hydrogens is 388 g/mol. The largest absolute Gasteiger partial charge is 0.484 e. The predicted molar refractivity (Wildman–Crippen MR) is 113 cm³/mol. The Labute approximate surface area is 175 Å². The summed E-state index contributed by atoms with van der Waals surface area (Å²) < 4.78 is 7.75. The Morgan fingerprint density at radius 2 is 1.83 bits per heavy atom. The smallest absolute Gasteiger partial charge is 0.260 e. The highest BCUT2D eigenvalue weighted by Crippen LogP contribution is 2.18. The van der Waals surface area contributed by atoms with E-state index in [1.54, 1.807) is 24.3 Å². The second-order valence-corrected chi connectivity index (χ2v) is 7.91. The van der Waals surface area contributed by atoms with Gasteiger partial charge < -0.3 is 14.0 Å². The maximum absolute atomic E-state index is 12.5. The molecule has 1 aromatic carbocycles. The topological polar surface area (TPSA) is 50.1 Å². The Kier molecular flexibility index (Phi) is 5.74. The van der Waals surface area contributed by atoms with Crippen molar-refractivity contribution in [2.75, 3.05) is 32.8 Å². The van der Waals surface area contributed by atoms with E-state index in [0.717, 1.165) is 31.0 Å². The number of ether oxygens (including phenoxy) is 1. The number of amides is 1. The number of halogens is 1. The van der Waals surface area contributed by atoms with Crippen LogP contribution in [-0.2, 0) is 11.3 Å². The SMILES string of the molecule is Cc1ccn2c(CN3CCN(C(=O)COc4ccc(Cl)cc4)CC3)c(C)nc2c1. The number of benzene rings is 1. The van der Waals surface area contributed by atoms with Crippen LogP contribution in [0, 0.1) is 13.8 Å². The number of imidazole rings is 1. The third kappa shape index (κ3) is 4.54. The Balaban J connectivity index is 1.31. The van der Waals surface area contributed by atoms with Crippen LogP contribution in [0.2, 0.25) is 5.02 Å². The molecule has 0 aliphatic carbocycles. The number of aromatic nitrogens is 2. The van der Waals surface area contributed by atoms with E-state index in [2.05, 4.69) is 46.5 Å². The molecule has 3 aromatic rings. The van der Waals surface area contributed by atoms with Crippen LogP contribution in [0.1, 0.15) is 17.0 Å². The summed E-state index contributed by atoms with van der Waals surface area (Å²) in [5.41, 5.74) is 4.48. The van der Waals surface area contributed by atoms with Crippen molar-refractivity contribution in [3.05, 3.63) is 64.6 Å². The fourth-order valence-electron chi connectivity index (χ4n) is 3.64. The van der Waals surface area contributed by atoms with Crippen molar-refractivity contribution in [2.24, 2.45) is 0 Å². The van der Waals surface area contributed by atoms with Gasteiger partial charge in [-0.2, -0.15) is 0 Å². The highest BCUT2D eigenvalue weighted by Gasteiger charge is 2.23. The van der Waals surface area contributed by atoms with Gasteiger partial charge in [-0.1, -0.05) is 11.6 Å². The van der Waals surface area contributed by atoms with Gasteiger partial charge in [-0.15, -0.1) is 0 Å². The van der Waals surface area contributed by atoms with Crippen molar-refractivity contribution >= 4 is 23.2 Å². The lowest BCUT2D eigenvalue weighted by molar-refractivity contribution is -0.135. The van der Waals surface area contributed by atoms with Crippen molar-refractivity contribution in [3.8, 4) is 5.75 Å². The number of pyridine rings is 1. The molecule has 0 unspecified atom stereocenters. The molecule has 1 fully saturated rings. The van der Waals surface area contributed by atoms with E-state index in [4.69, 9.17) is 16.3 Å². The lowest BCUT2D eigenvalue weighted by Gasteiger charge is -2.34. The zero-order chi connectivity index (χ0) is 20.4. The first-order valence-electron chi connectivity index (χ1n) is 9.82. The zero-order valence-corrected chi connectivity index (χ0v) is 17.5. The molecule has 6 nitrogen and oxygen atoms in total. The van der Waals surface area contributed by atoms with Gasteiger partial charge in [-0.05, 0) is 55.8 Å². The lowest BCUT2D eigenvalue weighted by atomic mass is 10.2. The van der Waals surface area contributed by atoms with E-state index in [9.17, 15) is 4.79 Å². The van der Waals surface area contributed by atoms with E-state index >= 15 is 0 Å². The summed E-state index contributed by atoms with van der Waals surface area (Å²) >= 11 is 5.87. The standard InChI is InChI=1S/C22H25ClN4O2/c1-16-7-8-27-20(17(2)24-21(27)13-16)14-25-9-11-26(12-10-25)22(28)15-29-19-5-3-18(23)4-6-19/h3-8,13H,9-12,14-15H2,1-2H3. The van der Waals surface area contributed by atoms with Gasteiger partial charge in [0.05, 0.1) is 11.4 Å². The summed E-state index contributed by atoms with van der Waals surface area (Å²) in [6, 6.07) is 11.3. The van der Waals surface area contributed by atoms with Gasteiger partial charge in [0.15, 0.2) is 6.61 Å². The van der Waals surface area contributed by atoms with E-state index in [1.165, 1.54) is 11.3 Å². The van der Waals surface area contributed by atoms with E-state index in [0.29, 0.717) is 23.9 Å². The van der Waals surface area contributed by atoms with Crippen LogP contribution in [0.5, 0.6) is 5.75 Å². The maximum Gasteiger partial charge on any atom is 0.260 e. The fraction of sp³-hybridized carbons (Fsp3) is 0.364. The molecule has 1 aliphatic heterocycles. The molecule has 1 saturated heterocycles. The normalized spacial score (nSPS) is 15.1. The summed E-state index contributed by atoms with van der Waals surface area (Å²) in [6.45, 7) is 8.11. The van der Waals surface area contributed by atoms with E-state index in [-0.39, 0.29) is 12.5 Å². The summed E-state index contributed by atoms with van der Waals surface area (Å²) in [7, 11) is 0. The number of piperazine rings is 1. The van der Waals surface area contributed by atoms with Gasteiger partial charge in [0.25, 0.3) is 5.91 Å². The van der Waals surface area contributed by atoms with Crippen molar-refractivity contribution in [1.82, 2.24) is 19.2 Å². The van der Waals surface area contributed by atoms with Crippen LogP contribution >= 0.6 is 11.6 Å². The molecule has 7 heteroatoms. The molecule has 0 bridgehead atoms. The first-order chi connectivity index (χ1) is 14.0. The molecule has 3 heterocycles. The Morgan fingerprint density at radius 3 is 2.55 bits per heavy atom. The predicted octanol–water partition coefficient (Wildman–Crippen LogP) is 3.33. The van der Waals surface area contributed by atoms with Crippen LogP contribution in [0.4, 0.5) is 0 Å². The molecule has 0 atom stereocenters. The molecule has 1 amide bonds. The Bertz CT molecular complexity index is 1010. The molecule has 0 spiro atoms. The minimum absolute atomic E-state index is 0.0149. The number of nitrogens with zero attached hydrogens (tertiary/aromatic N) is 4. The second kappa shape index (κ2) is 8.43. The van der Waals surface area contributed by atoms with Crippen molar-refractivity contribution in [1.29, 1.82) is 0 Å². The molecule has 152 valence electrons. The number of hydrogen-bond donors (Lipinski definition) is 0. The Hall–Kier alpha value is -2.57. The van der Waals surface area contributed by atoms with Crippen molar-refractivity contribution < 1.29 is 9.53 Å². The van der Waals surface area contributed by atoms with Crippen LogP contribution in [0.25, 0.3) is 5.65 Å². The van der Waals surface area contributed by atoms with Crippen LogP contribution in [0.15, 0.2) is 42.6 Å². The molecule has 29 heavy (non-hydrogen) atoms. The minimum atomic E-state index is 0.0149. The summed E-state index contributed by atoms with van der Waals surface area (Å²) in [5, 5.41) is 0.649. The first kappa shape index (κ1) is 19.7. The van der Waals surface area contributed by atoms with E-state index < -0.39 is 0 Å². The average molecular weight is 413 g/mol. The fourth-order valence-corrected chi connectivity index (χ4v) is 3.77. The number of aryl methyl sites for hydroxylation is 2. The number of carbonyl (C=O) groups is 1. The maximum atomic E-state index is 12.5. The first-order valence-corrected chi connectivity index (χ1v) is 10.2. The van der Waals surface area contributed by atoms with Gasteiger partial charge in [-0.25, -0.2) is 4.98 Å². The number of hydrogen-bond acceptors (Lipinski definition) is 4. The lowest BCUT2D eigenvalue weighted by Crippen LogP contribution is -2.49. The minimum Gasteiger partial charge on any atom is -0.484 e. The summed E-state index contributed by atoms with van der Waals surface area (Å²) in [6.07, 6.45) is 2.09. The quantitative estimate of drug-likeness (QED) is 0.645. The molecule has 2 aromatic heterocycles. The molecule has 1 aliphatic rings.